The lowest BCUT2D eigenvalue weighted by Crippen LogP contribution is -2.61. The second-order valence-electron chi connectivity index (χ2n) is 29.2. The number of hydrogen-bond acceptors (Lipinski definition) is 24. The van der Waals surface area contributed by atoms with E-state index in [1.165, 1.54) is 53.5 Å². The molecule has 1 fully saturated rings. The molecule has 43 nitrogen and oxygen atoms in total. The minimum absolute atomic E-state index is 0.0139. The molecule has 0 spiro atoms. The van der Waals surface area contributed by atoms with Gasteiger partial charge in [0.15, 0.2) is 5.96 Å². The van der Waals surface area contributed by atoms with Crippen LogP contribution in [0.3, 0.4) is 0 Å². The number of hydrogen-bond donors (Lipinski definition) is 25. The molecule has 0 bridgehead atoms. The highest BCUT2D eigenvalue weighted by atomic mass is 32.2. The van der Waals surface area contributed by atoms with Crippen molar-refractivity contribution in [3.05, 3.63) is 120 Å². The van der Waals surface area contributed by atoms with Crippen molar-refractivity contribution in [1.29, 1.82) is 5.41 Å². The van der Waals surface area contributed by atoms with E-state index in [4.69, 9.17) is 37.6 Å². The lowest BCUT2D eigenvalue weighted by Gasteiger charge is -2.30. The fourth-order valence-electron chi connectivity index (χ4n) is 12.8. The first kappa shape index (κ1) is 101. The van der Waals surface area contributed by atoms with Crippen LogP contribution in [0.2, 0.25) is 0 Å². The molecule has 123 heavy (non-hydrogen) atoms. The number of carboxylic acids is 3. The number of nitrogens with zero attached hydrogens (tertiary/aromatic N) is 2. The quantitative estimate of drug-likeness (QED) is 0.00986. The van der Waals surface area contributed by atoms with Gasteiger partial charge in [-0.25, -0.2) is 4.98 Å². The number of phenols is 1. The zero-order valence-electron chi connectivity index (χ0n) is 68.5. The molecule has 0 radical (unpaired) electrons. The van der Waals surface area contributed by atoms with Crippen molar-refractivity contribution in [2.75, 3.05) is 57.9 Å². The number of aromatic amines is 2. The third-order valence-electron chi connectivity index (χ3n) is 19.3. The Hall–Kier alpha value is -12.8. The Morgan fingerprint density at radius 1 is 0.561 bits per heavy atom. The summed E-state index contributed by atoms with van der Waals surface area (Å²) >= 11 is 1.24. The number of phenolic OH excluding ortho intramolecular Hbond substituents is 1. The fraction of sp³-hybridized carbons (Fsp3) is 0.494. The zero-order chi connectivity index (χ0) is 90.8. The lowest BCUT2D eigenvalue weighted by molar-refractivity contribution is -0.142. The Balaban J connectivity index is 0.00000657. The molecule has 28 N–H and O–H groups in total. The number of aromatic nitrogens is 3. The molecule has 0 saturated carbocycles. The Bertz CT molecular complexity index is 4380. The van der Waals surface area contributed by atoms with Crippen molar-refractivity contribution in [3.63, 3.8) is 0 Å². The molecule has 44 heteroatoms. The predicted octanol–water partition coefficient (Wildman–Crippen LogP) is -4.91. The van der Waals surface area contributed by atoms with Crippen molar-refractivity contribution >= 4 is 123 Å². The van der Waals surface area contributed by atoms with Crippen LogP contribution in [0.1, 0.15) is 107 Å². The monoisotopic (exact) mass is 1740 g/mol. The molecule has 2 aromatic heterocycles. The number of aliphatic hydroxyl groups is 2. The summed E-state index contributed by atoms with van der Waals surface area (Å²) in [5.41, 5.74) is 19.4. The van der Waals surface area contributed by atoms with Crippen molar-refractivity contribution in [2.45, 2.75) is 183 Å². The summed E-state index contributed by atoms with van der Waals surface area (Å²) in [6.07, 6.45) is 4.47. The molecular formula is C79H113N21O22S. The van der Waals surface area contributed by atoms with Crippen LogP contribution in [0, 0.1) is 11.3 Å². The number of rotatable bonds is 51. The molecule has 672 valence electrons. The number of nitrogens with two attached hydrogens (primary N) is 3. The van der Waals surface area contributed by atoms with Crippen molar-refractivity contribution in [2.24, 2.45) is 23.1 Å². The van der Waals surface area contributed by atoms with Crippen LogP contribution in [-0.4, -0.2) is 282 Å². The molecule has 1 saturated heterocycles. The average molecular weight is 1740 g/mol. The van der Waals surface area contributed by atoms with Crippen LogP contribution in [0.5, 0.6) is 5.75 Å². The maximum absolute atomic E-state index is 15.2. The van der Waals surface area contributed by atoms with Gasteiger partial charge in [0.05, 0.1) is 31.8 Å². The predicted molar refractivity (Wildman–Crippen MR) is 446 cm³/mol. The van der Waals surface area contributed by atoms with Gasteiger partial charge in [0, 0.05) is 75.4 Å². The fourth-order valence-corrected chi connectivity index (χ4v) is 13.3. The second kappa shape index (κ2) is 52.4. The second-order valence-corrected chi connectivity index (χ2v) is 30.2. The maximum Gasteiger partial charge on any atom is 0.322 e. The molecular weight excluding hydrogens is 1630 g/mol. The number of amides is 13. The number of thioether (sulfide) groups is 1. The minimum Gasteiger partial charge on any atom is -0.508 e. The largest absolute Gasteiger partial charge is 0.508 e. The molecule has 0 unspecified atom stereocenters. The van der Waals surface area contributed by atoms with Crippen LogP contribution in [-0.2, 0) is 102 Å². The first-order valence-electron chi connectivity index (χ1n) is 39.7. The van der Waals surface area contributed by atoms with Crippen molar-refractivity contribution in [1.82, 2.24) is 89.0 Å². The summed E-state index contributed by atoms with van der Waals surface area (Å²) in [4.78, 5) is 229. The number of aliphatic hydroxyl groups excluding tert-OH is 2. The zero-order valence-corrected chi connectivity index (χ0v) is 69.4. The van der Waals surface area contributed by atoms with Gasteiger partial charge in [-0.15, -0.1) is 0 Å². The highest BCUT2D eigenvalue weighted by Gasteiger charge is 2.41. The number of unbranched alkanes of at least 4 members (excludes halogenated alkanes) is 1. The summed E-state index contributed by atoms with van der Waals surface area (Å²) in [5, 5.41) is 97.9. The number of likely N-dealkylation sites (tertiary alicyclic amines) is 1. The normalized spacial score (nSPS) is 14.9. The first-order chi connectivity index (χ1) is 58.6. The van der Waals surface area contributed by atoms with E-state index in [1.807, 2.05) is 0 Å². The van der Waals surface area contributed by atoms with E-state index in [0.717, 1.165) is 6.92 Å². The molecule has 3 aromatic carbocycles. The van der Waals surface area contributed by atoms with Crippen molar-refractivity contribution in [3.8, 4) is 5.75 Å². The first-order valence-corrected chi connectivity index (χ1v) is 41.1. The molecule has 12 atom stereocenters. The number of nitrogens with one attached hydrogen (secondary N) is 16. The van der Waals surface area contributed by atoms with Gasteiger partial charge < -0.3 is 132 Å². The van der Waals surface area contributed by atoms with Gasteiger partial charge in [-0.2, -0.15) is 11.8 Å². The third kappa shape index (κ3) is 35.1. The number of guanidine groups is 1. The van der Waals surface area contributed by atoms with Crippen LogP contribution in [0.25, 0.3) is 10.9 Å². The Morgan fingerprint density at radius 2 is 1.08 bits per heavy atom. The number of imidazole rings is 1. The van der Waals surface area contributed by atoms with Gasteiger partial charge in [-0.05, 0) is 117 Å². The van der Waals surface area contributed by atoms with E-state index in [0.29, 0.717) is 46.9 Å². The minimum atomic E-state index is -1.80. The summed E-state index contributed by atoms with van der Waals surface area (Å²) in [7, 11) is 0. The van der Waals surface area contributed by atoms with Gasteiger partial charge in [0.2, 0.25) is 76.8 Å². The highest BCUT2D eigenvalue weighted by molar-refractivity contribution is 7.98. The molecule has 6 rings (SSSR count). The maximum atomic E-state index is 15.2. The number of para-hydroxylation sites is 1. The third-order valence-corrected chi connectivity index (χ3v) is 19.9. The van der Waals surface area contributed by atoms with Gasteiger partial charge in [-0.3, -0.25) is 82.1 Å². The van der Waals surface area contributed by atoms with Gasteiger partial charge >= 0.3 is 11.9 Å². The smallest absolute Gasteiger partial charge is 0.322 e. The Labute approximate surface area is 711 Å². The molecule has 0 aliphatic carbocycles. The molecule has 1 aliphatic rings. The number of aromatic hydroxyl groups is 1. The lowest BCUT2D eigenvalue weighted by atomic mass is 10.0. The number of H-pyrrole nitrogens is 2. The standard InChI is InChI=1S/C77H109N21O20S.C2H4O2/c1-42(2)64(75(117)86-38-63(105)106)97-74(116)60-19-12-29-98(60)76(118)54(17-9-10-27-78)88-61(102)37-85-66(108)57(33-45-35-84-50-16-8-7-15-48(45)50)94-67(109)51(18-11-28-83-77(80)81)89-70(112)56(31-43-13-5-4-6-14-43)93-72(114)58(34-46-36-82-41-87-46)95-68(110)52(24-25-62(103)104)90-69(111)53(26-30-119-3)91-73(115)59(40-100)96-71(113)55(92-65(107)49(79)39-99)32-44-20-22-47(101)23-21-44;1-2(3)4/h4-8,13-16,20-23,35-36,41-42,49,51-60,64,84,99-101H,9-12,17-19,24-34,37-40,78-79H2,1-3H3,(H,82,87)(H,85,108)(H,86,117)(H,88,102)(H,89,112)(H,90,111)(H,91,115)(H,92,107)(H,93,114)(H,94,109)(H,95,110)(H,96,113)(H,97,116)(H,103,104)(H,105,106)(H4,80,81,83);1H3,(H,3,4)/t49-,51-,52-,53-,54-,55-,56-,57-,58-,59-,60-,64-;/m0./s1. The average Bonchev–Trinajstić information content (AvgIpc) is 1.73. The molecule has 13 amide bonds. The number of carbonyl (C=O) groups is 16. The number of carboxylic acid groups (broad SMARTS) is 3. The summed E-state index contributed by atoms with van der Waals surface area (Å²) in [6, 6.07) is 2.80. The van der Waals surface area contributed by atoms with Gasteiger partial charge in [0.1, 0.15) is 84.8 Å². The SMILES string of the molecule is CC(=O)O.CSCC[C@H](NC(=O)[C@H](CO)NC(=O)[C@H](Cc1ccc(O)cc1)NC(=O)[C@@H](N)CO)C(=O)N[C@@H](CCC(=O)O)C(=O)N[C@@H](Cc1c[nH]cn1)C(=O)N[C@@H](Cc1ccccc1)C(=O)N[C@@H](CCCNC(=N)N)C(=O)N[C@@H](Cc1c[nH]c2ccccc12)C(=O)NCC(=O)N[C@@H](CCCCN)C(=O)N1CCC[C@H]1C(=O)N[C@H](C(=O)NCC(=O)O)C(C)C. The number of aliphatic carboxylic acids is 3. The Morgan fingerprint density at radius 3 is 1.63 bits per heavy atom. The summed E-state index contributed by atoms with van der Waals surface area (Å²) in [5.74, 6) is -16.6. The summed E-state index contributed by atoms with van der Waals surface area (Å²) in [6.45, 7) is 1.36. The van der Waals surface area contributed by atoms with E-state index >= 15 is 14.4 Å². The van der Waals surface area contributed by atoms with Crippen LogP contribution < -0.4 is 86.3 Å². The molecule has 3 heterocycles. The van der Waals surface area contributed by atoms with Gasteiger partial charge in [-0.1, -0.05) is 74.5 Å². The van der Waals surface area contributed by atoms with Crippen LogP contribution in [0.15, 0.2) is 97.6 Å². The van der Waals surface area contributed by atoms with E-state index in [-0.39, 0.29) is 88.2 Å². The summed E-state index contributed by atoms with van der Waals surface area (Å²) < 4.78 is 0. The topological polar surface area (TPSA) is 701 Å². The number of carbonyl (C=O) groups excluding carboxylic acids is 13. The molecule has 5 aromatic rings. The van der Waals surface area contributed by atoms with Crippen LogP contribution >= 0.6 is 11.8 Å². The number of benzene rings is 3. The Kier molecular flexibility index (Phi) is 42.9. The van der Waals surface area contributed by atoms with Crippen molar-refractivity contribution < 1.29 is 107 Å². The van der Waals surface area contributed by atoms with E-state index in [2.05, 4.69) is 84.1 Å². The van der Waals surface area contributed by atoms with E-state index in [9.17, 15) is 78.0 Å². The van der Waals surface area contributed by atoms with E-state index in [1.54, 1.807) is 80.9 Å². The van der Waals surface area contributed by atoms with Gasteiger partial charge in [0.25, 0.3) is 5.97 Å². The highest BCUT2D eigenvalue weighted by Crippen LogP contribution is 2.23. The van der Waals surface area contributed by atoms with E-state index < -0.39 is 225 Å². The molecule has 1 aliphatic heterocycles. The number of fused-ring (bicyclic) bond motifs is 1. The van der Waals surface area contributed by atoms with Crippen LogP contribution in [0.4, 0.5) is 0 Å².